The van der Waals surface area contributed by atoms with Crippen molar-refractivity contribution in [3.8, 4) is 0 Å². The Hall–Kier alpha value is -4.19. The number of esters is 2. The number of aliphatic hydroxyl groups excluding tert-OH is 1. The summed E-state index contributed by atoms with van der Waals surface area (Å²) in [5, 5.41) is 19.6. The van der Waals surface area contributed by atoms with Crippen molar-refractivity contribution in [2.45, 2.75) is 66.8 Å². The average Bonchev–Trinajstić information content (AvgIpc) is 3.81. The van der Waals surface area contributed by atoms with E-state index in [0.717, 1.165) is 62.0 Å². The summed E-state index contributed by atoms with van der Waals surface area (Å²) in [5.41, 5.74) is 13.9. The third-order valence-corrected chi connectivity index (χ3v) is 10.3. The fourth-order valence-corrected chi connectivity index (χ4v) is 7.55. The zero-order chi connectivity index (χ0) is 35.1. The number of nitrogens with two attached hydrogens (primary N) is 1. The Balaban J connectivity index is 0.00000486. The van der Waals surface area contributed by atoms with Crippen molar-refractivity contribution in [2.24, 2.45) is 23.5 Å². The summed E-state index contributed by atoms with van der Waals surface area (Å²) in [6.45, 7) is 15.9. The first-order valence-corrected chi connectivity index (χ1v) is 16.9. The number of hydrogen-bond acceptors (Lipinski definition) is 6. The number of carbonyl (C=O) groups is 2. The first-order chi connectivity index (χ1) is 23.5. The Morgan fingerprint density at radius 3 is 2.40 bits per heavy atom. The van der Waals surface area contributed by atoms with E-state index >= 15 is 0 Å². The molecule has 1 saturated heterocycles. The summed E-state index contributed by atoms with van der Waals surface area (Å²) in [5.74, 6) is -2.63. The van der Waals surface area contributed by atoms with Gasteiger partial charge in [-0.25, -0.2) is 0 Å². The third kappa shape index (κ3) is 6.31. The maximum atomic E-state index is 13.6. The standard InChI is InChI=1S/C39H43N5O5.Mg/c1-8-11-14-48-32(45)13-12-25-21(6)28-15-26-19(4)23(9-2)30(41-26)16-27-20(5)24(10-3)31(42-27)17-29-22(7)33-37(44-29)34(36(25)43-28)35(38(33)46)39(47)49-18-40;/h8-9,11,15-17,21,25,35-36,46H,2,10,12-14,18,40H2,1,3-7H3;/q-4;+2/b11-8-,27-16-,28-15-,31-17-;/t21-,25-,35+,36?;/m0./s1. The average molecular weight is 686 g/mol. The van der Waals surface area contributed by atoms with Gasteiger partial charge in [-0.1, -0.05) is 90.8 Å². The van der Waals surface area contributed by atoms with Crippen LogP contribution in [0.3, 0.4) is 0 Å². The molecule has 3 aliphatic rings. The van der Waals surface area contributed by atoms with Crippen molar-refractivity contribution in [3.05, 3.63) is 95.9 Å². The summed E-state index contributed by atoms with van der Waals surface area (Å²) in [6, 6.07) is -0.601. The smallest absolute Gasteiger partial charge is 0.681 e. The molecule has 1 aliphatic carbocycles. The minimum Gasteiger partial charge on any atom is -0.681 e. The second kappa shape index (κ2) is 15.0. The minimum atomic E-state index is -1.14. The number of rotatable bonds is 9. The van der Waals surface area contributed by atoms with Crippen LogP contribution in [0.4, 0.5) is 0 Å². The molecule has 10 nitrogen and oxygen atoms in total. The Morgan fingerprint density at radius 1 is 1.00 bits per heavy atom. The van der Waals surface area contributed by atoms with Crippen molar-refractivity contribution in [2.75, 3.05) is 13.3 Å². The van der Waals surface area contributed by atoms with E-state index in [4.69, 9.17) is 35.5 Å². The van der Waals surface area contributed by atoms with Crippen molar-refractivity contribution in [1.82, 2.24) is 15.0 Å². The van der Waals surface area contributed by atoms with Crippen LogP contribution in [0.25, 0.3) is 41.0 Å². The van der Waals surface area contributed by atoms with Crippen LogP contribution >= 0.6 is 0 Å². The largest absolute Gasteiger partial charge is 2.00 e. The number of fused-ring (bicyclic) bond motifs is 8. The predicted molar refractivity (Wildman–Crippen MR) is 195 cm³/mol. The molecule has 3 aromatic heterocycles. The summed E-state index contributed by atoms with van der Waals surface area (Å²) in [7, 11) is 0. The van der Waals surface area contributed by atoms with Crippen LogP contribution in [0.2, 0.25) is 0 Å². The monoisotopic (exact) mass is 685 g/mol. The predicted octanol–water partition coefficient (Wildman–Crippen LogP) is 2.13. The quantitative estimate of drug-likeness (QED) is 0.149. The molecule has 4 atom stereocenters. The topological polar surface area (TPSA) is 155 Å². The zero-order valence-electron chi connectivity index (χ0n) is 29.7. The molecular weight excluding hydrogens is 643 g/mol. The second-order valence-corrected chi connectivity index (χ2v) is 12.9. The molecule has 0 radical (unpaired) electrons. The number of nitrogens with zero attached hydrogens (tertiary/aromatic N) is 4. The molecule has 0 aromatic carbocycles. The Morgan fingerprint density at radius 2 is 1.72 bits per heavy atom. The Bertz CT molecular complexity index is 2160. The van der Waals surface area contributed by atoms with Gasteiger partial charge in [0.05, 0.1) is 0 Å². The third-order valence-electron chi connectivity index (χ3n) is 10.3. The molecule has 2 aliphatic heterocycles. The molecule has 11 heteroatoms. The van der Waals surface area contributed by atoms with E-state index in [1.165, 1.54) is 0 Å². The van der Waals surface area contributed by atoms with Gasteiger partial charge in [-0.2, -0.15) is 5.70 Å². The SMILES string of the molecule is C=Cc1c2[n-]c(c1C)/C=C1\[N-]C(C3=c4[n-]c(c(C)c4=C(O)[C@@H]3C(=O)OCN)/C=c3\[n-]/c(c(C)c3CC)=C\2)[C@@H](CCC(=O)OC/C=C\C)[C@@H]1C.[Mg+2]. The summed E-state index contributed by atoms with van der Waals surface area (Å²) in [4.78, 5) is 41.5. The molecule has 6 rings (SSSR count). The van der Waals surface area contributed by atoms with E-state index in [1.54, 1.807) is 6.08 Å². The van der Waals surface area contributed by atoms with Crippen LogP contribution < -0.4 is 42.0 Å². The molecule has 0 amide bonds. The van der Waals surface area contributed by atoms with Crippen LogP contribution in [0, 0.1) is 38.5 Å². The van der Waals surface area contributed by atoms with Gasteiger partial charge in [0.15, 0.2) is 0 Å². The van der Waals surface area contributed by atoms with Crippen LogP contribution in [0.1, 0.15) is 78.5 Å². The fourth-order valence-electron chi connectivity index (χ4n) is 7.55. The number of carbonyl (C=O) groups excluding carboxylic acids is 2. The number of hydrogen-bond donors (Lipinski definition) is 2. The van der Waals surface area contributed by atoms with Gasteiger partial charge in [-0.05, 0) is 57.9 Å². The Labute approximate surface area is 308 Å². The molecular formula is C39H43MgN5O5-2. The van der Waals surface area contributed by atoms with Gasteiger partial charge in [0.25, 0.3) is 0 Å². The molecule has 258 valence electrons. The Kier molecular flexibility index (Phi) is 11.1. The molecule has 3 aromatic rings. The van der Waals surface area contributed by atoms with Crippen molar-refractivity contribution >= 4 is 70.6 Å². The van der Waals surface area contributed by atoms with E-state index < -0.39 is 17.9 Å². The van der Waals surface area contributed by atoms with E-state index in [1.807, 2.05) is 51.2 Å². The van der Waals surface area contributed by atoms with Crippen molar-refractivity contribution < 1.29 is 24.2 Å². The molecule has 50 heavy (non-hydrogen) atoms. The van der Waals surface area contributed by atoms with Crippen molar-refractivity contribution in [3.63, 3.8) is 0 Å². The van der Waals surface area contributed by atoms with Gasteiger partial charge < -0.3 is 34.8 Å². The van der Waals surface area contributed by atoms with Crippen LogP contribution in [0.15, 0.2) is 24.4 Å². The number of ether oxygens (including phenoxy) is 2. The summed E-state index contributed by atoms with van der Waals surface area (Å²) in [6.07, 6.45) is 12.7. The van der Waals surface area contributed by atoms with Crippen LogP contribution in [-0.4, -0.2) is 59.5 Å². The van der Waals surface area contributed by atoms with Gasteiger partial charge in [0, 0.05) is 11.6 Å². The fraction of sp³-hybridized carbons (Fsp3) is 0.385. The van der Waals surface area contributed by atoms with E-state index in [-0.39, 0.29) is 66.4 Å². The number of aliphatic hydroxyl groups is 1. The first-order valence-electron chi connectivity index (χ1n) is 16.9. The summed E-state index contributed by atoms with van der Waals surface area (Å²) < 4.78 is 10.7. The van der Waals surface area contributed by atoms with E-state index in [0.29, 0.717) is 28.3 Å². The number of aromatic nitrogens is 3. The van der Waals surface area contributed by atoms with Crippen LogP contribution in [0.5, 0.6) is 0 Å². The van der Waals surface area contributed by atoms with Gasteiger partial charge in [-0.3, -0.25) is 15.3 Å². The molecule has 5 heterocycles. The molecule has 0 spiro atoms. The van der Waals surface area contributed by atoms with Gasteiger partial charge in [0.2, 0.25) is 0 Å². The second-order valence-electron chi connectivity index (χ2n) is 12.9. The minimum absolute atomic E-state index is 0. The molecule has 1 unspecified atom stereocenters. The summed E-state index contributed by atoms with van der Waals surface area (Å²) >= 11 is 0. The molecule has 0 saturated carbocycles. The zero-order valence-corrected chi connectivity index (χ0v) is 31.1. The maximum Gasteiger partial charge on any atom is 2.00 e. The molecule has 8 bridgehead atoms. The van der Waals surface area contributed by atoms with Gasteiger partial charge >= 0.3 is 35.0 Å². The molecule has 1 fully saturated rings. The van der Waals surface area contributed by atoms with Gasteiger partial charge in [-0.15, -0.1) is 33.1 Å². The van der Waals surface area contributed by atoms with Crippen LogP contribution in [-0.2, 0) is 25.5 Å². The number of allylic oxidation sites excluding steroid dienone is 2. The maximum absolute atomic E-state index is 13.6. The van der Waals surface area contributed by atoms with Gasteiger partial charge in [0.1, 0.15) is 25.0 Å². The van der Waals surface area contributed by atoms with Crippen molar-refractivity contribution in [1.29, 1.82) is 0 Å². The molecule has 3 N–H and O–H groups in total. The van der Waals surface area contributed by atoms with E-state index in [2.05, 4.69) is 27.4 Å². The normalized spacial score (nSPS) is 22.9. The van der Waals surface area contributed by atoms with E-state index in [9.17, 15) is 14.7 Å². The first kappa shape index (κ1) is 37.1.